The van der Waals surface area contributed by atoms with Gasteiger partial charge in [0.05, 0.1) is 13.2 Å². The van der Waals surface area contributed by atoms with E-state index >= 15 is 0 Å². The Morgan fingerprint density at radius 2 is 1.10 bits per heavy atom. The molecule has 0 aromatic heterocycles. The zero-order valence-corrected chi connectivity index (χ0v) is 21.4. The summed E-state index contributed by atoms with van der Waals surface area (Å²) in [7, 11) is 0. The van der Waals surface area contributed by atoms with Crippen molar-refractivity contribution < 1.29 is 19.1 Å². The van der Waals surface area contributed by atoms with Crippen LogP contribution in [0.1, 0.15) is 131 Å². The van der Waals surface area contributed by atoms with Crippen LogP contribution in [0, 0.1) is 17.8 Å². The third-order valence-electron chi connectivity index (χ3n) is 5.90. The molecule has 0 spiro atoms. The van der Waals surface area contributed by atoms with Crippen molar-refractivity contribution in [2.45, 2.75) is 131 Å². The highest BCUT2D eigenvalue weighted by atomic mass is 16.5. The van der Waals surface area contributed by atoms with Crippen molar-refractivity contribution in [1.82, 2.24) is 0 Å². The van der Waals surface area contributed by atoms with Gasteiger partial charge in [-0.1, -0.05) is 79.6 Å². The molecule has 4 nitrogen and oxygen atoms in total. The van der Waals surface area contributed by atoms with Crippen LogP contribution in [0.4, 0.5) is 0 Å². The summed E-state index contributed by atoms with van der Waals surface area (Å²) < 4.78 is 10.7. The molecule has 0 fully saturated rings. The summed E-state index contributed by atoms with van der Waals surface area (Å²) in [5.74, 6) is 1.75. The van der Waals surface area contributed by atoms with Gasteiger partial charge in [-0.15, -0.1) is 0 Å². The van der Waals surface area contributed by atoms with E-state index in [1.807, 2.05) is 0 Å². The molecule has 1 unspecified atom stereocenters. The molecule has 0 saturated heterocycles. The normalized spacial score (nSPS) is 12.4. The third-order valence-corrected chi connectivity index (χ3v) is 5.90. The zero-order valence-electron chi connectivity index (χ0n) is 21.4. The molecular formula is C27H52O4. The minimum Gasteiger partial charge on any atom is -0.466 e. The lowest BCUT2D eigenvalue weighted by molar-refractivity contribution is -0.145. The first-order valence-electron chi connectivity index (χ1n) is 13.2. The molecule has 1 atom stereocenters. The third kappa shape index (κ3) is 21.9. The number of unbranched alkanes of at least 4 members (excludes halogenated alkanes) is 6. The number of hydrogen-bond donors (Lipinski definition) is 0. The number of carbonyl (C=O) groups is 2. The average molecular weight is 441 g/mol. The van der Waals surface area contributed by atoms with Gasteiger partial charge in [0.25, 0.3) is 0 Å². The highest BCUT2D eigenvalue weighted by Gasteiger charge is 2.13. The molecule has 0 N–H and O–H groups in total. The van der Waals surface area contributed by atoms with Gasteiger partial charge in [-0.2, -0.15) is 0 Å². The molecule has 0 bridgehead atoms. The molecule has 0 aromatic carbocycles. The van der Waals surface area contributed by atoms with Crippen LogP contribution in [0.2, 0.25) is 0 Å². The van der Waals surface area contributed by atoms with E-state index in [1.54, 1.807) is 0 Å². The molecule has 4 heteroatoms. The van der Waals surface area contributed by atoms with Gasteiger partial charge in [0.2, 0.25) is 0 Å². The van der Waals surface area contributed by atoms with Gasteiger partial charge >= 0.3 is 11.9 Å². The Morgan fingerprint density at radius 1 is 0.613 bits per heavy atom. The van der Waals surface area contributed by atoms with E-state index in [-0.39, 0.29) is 11.9 Å². The molecule has 0 amide bonds. The van der Waals surface area contributed by atoms with Gasteiger partial charge in [0, 0.05) is 12.8 Å². The van der Waals surface area contributed by atoms with Crippen molar-refractivity contribution in [3.8, 4) is 0 Å². The van der Waals surface area contributed by atoms with Gasteiger partial charge in [0.15, 0.2) is 0 Å². The molecule has 0 rings (SSSR count). The standard InChI is InChI=1S/C27H52O4/c1-6-25(22-27(29)31-21-15-17-24(4)5)18-12-10-8-7-9-11-13-19-26(28)30-20-14-16-23(2)3/h23-25H,6-22H2,1-5H3. The molecule has 184 valence electrons. The number of ether oxygens (including phenoxy) is 2. The lowest BCUT2D eigenvalue weighted by Gasteiger charge is -2.14. The molecule has 0 saturated carbocycles. The van der Waals surface area contributed by atoms with Crippen molar-refractivity contribution in [1.29, 1.82) is 0 Å². The first-order valence-corrected chi connectivity index (χ1v) is 13.2. The quantitative estimate of drug-likeness (QED) is 0.135. The maximum absolute atomic E-state index is 12.0. The number of carbonyl (C=O) groups excluding carboxylic acids is 2. The van der Waals surface area contributed by atoms with E-state index in [1.165, 1.54) is 32.1 Å². The van der Waals surface area contributed by atoms with Crippen LogP contribution in [0.5, 0.6) is 0 Å². The zero-order chi connectivity index (χ0) is 23.3. The lowest BCUT2D eigenvalue weighted by atomic mass is 9.95. The van der Waals surface area contributed by atoms with Gasteiger partial charge in [-0.3, -0.25) is 9.59 Å². The minimum atomic E-state index is -0.0344. The van der Waals surface area contributed by atoms with E-state index in [4.69, 9.17) is 9.47 Å². The maximum atomic E-state index is 12.0. The first kappa shape index (κ1) is 29.9. The Balaban J connectivity index is 3.53. The van der Waals surface area contributed by atoms with E-state index in [0.29, 0.717) is 43.8 Å². The van der Waals surface area contributed by atoms with Crippen LogP contribution in [-0.4, -0.2) is 25.2 Å². The fourth-order valence-electron chi connectivity index (χ4n) is 3.76. The molecule has 0 aromatic rings. The summed E-state index contributed by atoms with van der Waals surface area (Å²) >= 11 is 0. The van der Waals surface area contributed by atoms with Gasteiger partial charge in [0.1, 0.15) is 0 Å². The summed E-state index contributed by atoms with van der Waals surface area (Å²) in [6.45, 7) is 12.1. The Morgan fingerprint density at radius 3 is 1.61 bits per heavy atom. The van der Waals surface area contributed by atoms with Gasteiger partial charge in [-0.05, 0) is 56.3 Å². The topological polar surface area (TPSA) is 52.6 Å². The monoisotopic (exact) mass is 440 g/mol. The molecule has 0 radical (unpaired) electrons. The summed E-state index contributed by atoms with van der Waals surface area (Å²) in [4.78, 5) is 23.7. The average Bonchev–Trinajstić information content (AvgIpc) is 2.71. The lowest BCUT2D eigenvalue weighted by Crippen LogP contribution is -2.12. The fraction of sp³-hybridized carbons (Fsp3) is 0.926. The largest absolute Gasteiger partial charge is 0.466 e. The number of esters is 2. The molecule has 31 heavy (non-hydrogen) atoms. The highest BCUT2D eigenvalue weighted by Crippen LogP contribution is 2.19. The van der Waals surface area contributed by atoms with Crippen molar-refractivity contribution in [3.63, 3.8) is 0 Å². The SMILES string of the molecule is CCC(CCCCCCCCCC(=O)OCCCC(C)C)CC(=O)OCCCC(C)C. The molecule has 0 aliphatic carbocycles. The minimum absolute atomic E-state index is 0.0194. The maximum Gasteiger partial charge on any atom is 0.306 e. The Kier molecular flexibility index (Phi) is 20.1. The predicted octanol–water partition coefficient (Wildman–Crippen LogP) is 7.87. The van der Waals surface area contributed by atoms with Gasteiger partial charge < -0.3 is 9.47 Å². The second-order valence-corrected chi connectivity index (χ2v) is 10.0. The Labute approximate surface area is 193 Å². The molecule has 0 aliphatic heterocycles. The molecule has 0 heterocycles. The van der Waals surface area contributed by atoms with Crippen LogP contribution in [0.25, 0.3) is 0 Å². The predicted molar refractivity (Wildman–Crippen MR) is 130 cm³/mol. The van der Waals surface area contributed by atoms with E-state index in [9.17, 15) is 9.59 Å². The van der Waals surface area contributed by atoms with Crippen LogP contribution in [0.3, 0.4) is 0 Å². The molecule has 0 aliphatic rings. The molecular weight excluding hydrogens is 388 g/mol. The van der Waals surface area contributed by atoms with Crippen LogP contribution in [0.15, 0.2) is 0 Å². The highest BCUT2D eigenvalue weighted by molar-refractivity contribution is 5.69. The first-order chi connectivity index (χ1) is 14.8. The summed E-state index contributed by atoms with van der Waals surface area (Å²) in [6.07, 6.45) is 15.7. The van der Waals surface area contributed by atoms with Gasteiger partial charge in [-0.25, -0.2) is 0 Å². The smallest absolute Gasteiger partial charge is 0.306 e. The van der Waals surface area contributed by atoms with Crippen LogP contribution >= 0.6 is 0 Å². The summed E-state index contributed by atoms with van der Waals surface area (Å²) in [6, 6.07) is 0. The van der Waals surface area contributed by atoms with E-state index in [0.717, 1.165) is 51.4 Å². The van der Waals surface area contributed by atoms with Crippen molar-refractivity contribution in [3.05, 3.63) is 0 Å². The van der Waals surface area contributed by atoms with Crippen molar-refractivity contribution in [2.75, 3.05) is 13.2 Å². The van der Waals surface area contributed by atoms with Crippen molar-refractivity contribution in [2.24, 2.45) is 17.8 Å². The number of rotatable bonds is 21. The van der Waals surface area contributed by atoms with E-state index < -0.39 is 0 Å². The fourth-order valence-corrected chi connectivity index (χ4v) is 3.76. The second kappa shape index (κ2) is 20.8. The van der Waals surface area contributed by atoms with Crippen LogP contribution < -0.4 is 0 Å². The van der Waals surface area contributed by atoms with Crippen LogP contribution in [-0.2, 0) is 19.1 Å². The Bertz CT molecular complexity index is 431. The Hall–Kier alpha value is -1.06. The summed E-state index contributed by atoms with van der Waals surface area (Å²) in [5.41, 5.74) is 0. The second-order valence-electron chi connectivity index (χ2n) is 10.0. The number of hydrogen-bond acceptors (Lipinski definition) is 4. The summed E-state index contributed by atoms with van der Waals surface area (Å²) in [5, 5.41) is 0. The van der Waals surface area contributed by atoms with E-state index in [2.05, 4.69) is 34.6 Å². The van der Waals surface area contributed by atoms with Crippen molar-refractivity contribution >= 4 is 11.9 Å².